The first-order valence-corrected chi connectivity index (χ1v) is 9.19. The Morgan fingerprint density at radius 3 is 2.32 bits per heavy atom. The Morgan fingerprint density at radius 2 is 1.73 bits per heavy atom. The molecule has 1 aromatic rings. The maximum atomic E-state index is 12.3. The van der Waals surface area contributed by atoms with Crippen molar-refractivity contribution >= 4 is 22.3 Å². The number of esters is 1. The lowest BCUT2D eigenvalue weighted by atomic mass is 10.1. The topological polar surface area (TPSA) is 52.3 Å². The highest BCUT2D eigenvalue weighted by Crippen LogP contribution is 2.33. The molecule has 1 rings (SSSR count). The van der Waals surface area contributed by atoms with Crippen molar-refractivity contribution in [3.63, 3.8) is 0 Å². The summed E-state index contributed by atoms with van der Waals surface area (Å²) in [5, 5.41) is 0.590. The van der Waals surface area contributed by atoms with Crippen LogP contribution in [0.4, 0.5) is 5.00 Å². The van der Waals surface area contributed by atoms with E-state index in [9.17, 15) is 4.79 Å². The predicted octanol–water partition coefficient (Wildman–Crippen LogP) is 5.50. The number of thiophene rings is 1. The molecule has 0 spiro atoms. The van der Waals surface area contributed by atoms with Crippen molar-refractivity contribution in [2.24, 2.45) is 0 Å². The predicted molar refractivity (Wildman–Crippen MR) is 95.7 cm³/mol. The summed E-state index contributed by atoms with van der Waals surface area (Å²) in [6.45, 7) is 9.84. The fourth-order valence-corrected chi connectivity index (χ4v) is 3.58. The van der Waals surface area contributed by atoms with E-state index < -0.39 is 5.60 Å². The van der Waals surface area contributed by atoms with Crippen LogP contribution in [0.1, 0.15) is 87.0 Å². The monoisotopic (exact) mass is 325 g/mol. The average Bonchev–Trinajstić information content (AvgIpc) is 2.66. The van der Waals surface area contributed by atoms with E-state index in [0.717, 1.165) is 18.4 Å². The molecule has 0 aromatic carbocycles. The largest absolute Gasteiger partial charge is 0.456 e. The number of hydrogen-bond acceptors (Lipinski definition) is 4. The van der Waals surface area contributed by atoms with Gasteiger partial charge in [-0.25, -0.2) is 4.79 Å². The highest BCUT2D eigenvalue weighted by Gasteiger charge is 2.24. The molecule has 1 aromatic heterocycles. The molecule has 1 heterocycles. The van der Waals surface area contributed by atoms with Crippen molar-refractivity contribution < 1.29 is 9.53 Å². The summed E-state index contributed by atoms with van der Waals surface area (Å²) in [6.07, 6.45) is 8.65. The van der Waals surface area contributed by atoms with Gasteiger partial charge in [0.25, 0.3) is 0 Å². The maximum absolute atomic E-state index is 12.3. The molecule has 126 valence electrons. The third-order valence-corrected chi connectivity index (χ3v) is 4.81. The van der Waals surface area contributed by atoms with Crippen LogP contribution in [0.25, 0.3) is 0 Å². The number of ether oxygens (including phenoxy) is 1. The second kappa shape index (κ2) is 8.56. The first-order chi connectivity index (χ1) is 10.3. The summed E-state index contributed by atoms with van der Waals surface area (Å²) in [4.78, 5) is 13.5. The number of anilines is 1. The summed E-state index contributed by atoms with van der Waals surface area (Å²) in [7, 11) is 0. The van der Waals surface area contributed by atoms with Crippen molar-refractivity contribution in [3.05, 3.63) is 16.0 Å². The average molecular weight is 326 g/mol. The molecule has 4 heteroatoms. The summed E-state index contributed by atoms with van der Waals surface area (Å²) in [5.41, 5.74) is 7.14. The lowest BCUT2D eigenvalue weighted by Gasteiger charge is -2.19. The molecule has 0 radical (unpaired) electrons. The zero-order chi connectivity index (χ0) is 16.8. The lowest BCUT2D eigenvalue weighted by Crippen LogP contribution is -2.24. The Morgan fingerprint density at radius 1 is 1.14 bits per heavy atom. The minimum absolute atomic E-state index is 0.298. The van der Waals surface area contributed by atoms with Crippen LogP contribution in [0.15, 0.2) is 0 Å². The second-order valence-corrected chi connectivity index (χ2v) is 8.05. The number of rotatable bonds is 8. The molecule has 0 aliphatic carbocycles. The molecule has 22 heavy (non-hydrogen) atoms. The van der Waals surface area contributed by atoms with E-state index in [-0.39, 0.29) is 5.97 Å². The van der Waals surface area contributed by atoms with Crippen molar-refractivity contribution in [3.8, 4) is 0 Å². The van der Waals surface area contributed by atoms with E-state index in [1.807, 2.05) is 27.7 Å². The van der Waals surface area contributed by atoms with Gasteiger partial charge in [0.05, 0.1) is 5.56 Å². The number of carbonyl (C=O) groups excluding carboxylic acids is 1. The number of hydrogen-bond donors (Lipinski definition) is 1. The van der Waals surface area contributed by atoms with Gasteiger partial charge in [-0.1, -0.05) is 39.0 Å². The van der Waals surface area contributed by atoms with Crippen LogP contribution < -0.4 is 5.73 Å². The standard InChI is InChI=1S/C18H31NO2S/c1-6-7-8-9-10-11-12-14-13(2)15(16(19)22-14)17(20)21-18(3,4)5/h6-12,19H2,1-5H3. The highest BCUT2D eigenvalue weighted by molar-refractivity contribution is 7.16. The molecule has 0 saturated heterocycles. The summed E-state index contributed by atoms with van der Waals surface area (Å²) in [5.74, 6) is -0.298. The van der Waals surface area contributed by atoms with Crippen molar-refractivity contribution in [2.45, 2.75) is 85.2 Å². The molecule has 2 N–H and O–H groups in total. The van der Waals surface area contributed by atoms with Crippen LogP contribution in [0.2, 0.25) is 0 Å². The van der Waals surface area contributed by atoms with Crippen molar-refractivity contribution in [1.82, 2.24) is 0 Å². The zero-order valence-electron chi connectivity index (χ0n) is 14.8. The highest BCUT2D eigenvalue weighted by atomic mass is 32.1. The normalized spacial score (nSPS) is 11.7. The maximum Gasteiger partial charge on any atom is 0.341 e. The Hall–Kier alpha value is -1.03. The molecule has 3 nitrogen and oxygen atoms in total. The minimum Gasteiger partial charge on any atom is -0.456 e. The van der Waals surface area contributed by atoms with Crippen LogP contribution in [0.3, 0.4) is 0 Å². The van der Waals surface area contributed by atoms with E-state index in [0.29, 0.717) is 10.6 Å². The van der Waals surface area contributed by atoms with E-state index in [1.165, 1.54) is 37.0 Å². The van der Waals surface area contributed by atoms with Gasteiger partial charge >= 0.3 is 5.97 Å². The fraction of sp³-hybridized carbons (Fsp3) is 0.722. The molecular formula is C18H31NO2S. The first-order valence-electron chi connectivity index (χ1n) is 8.37. The molecule has 0 unspecified atom stereocenters. The van der Waals surface area contributed by atoms with Gasteiger partial charge in [0, 0.05) is 4.88 Å². The van der Waals surface area contributed by atoms with Crippen LogP contribution in [0, 0.1) is 6.92 Å². The zero-order valence-corrected chi connectivity index (χ0v) is 15.6. The minimum atomic E-state index is -0.489. The molecular weight excluding hydrogens is 294 g/mol. The first kappa shape index (κ1) is 19.0. The quantitative estimate of drug-likeness (QED) is 0.507. The molecule has 0 atom stereocenters. The molecule has 0 fully saturated rings. The molecule has 0 bridgehead atoms. The Kier molecular flexibility index (Phi) is 7.40. The van der Waals surface area contributed by atoms with Gasteiger partial charge in [0.1, 0.15) is 10.6 Å². The van der Waals surface area contributed by atoms with Gasteiger partial charge in [-0.15, -0.1) is 11.3 Å². The number of carbonyl (C=O) groups is 1. The fourth-order valence-electron chi connectivity index (χ4n) is 2.47. The summed E-state index contributed by atoms with van der Waals surface area (Å²) < 4.78 is 5.46. The summed E-state index contributed by atoms with van der Waals surface area (Å²) in [6, 6.07) is 0. The Balaban J connectivity index is 2.60. The van der Waals surface area contributed by atoms with Gasteiger partial charge < -0.3 is 10.5 Å². The van der Waals surface area contributed by atoms with Gasteiger partial charge in [-0.05, 0) is 46.1 Å². The van der Waals surface area contributed by atoms with E-state index in [1.54, 1.807) is 11.3 Å². The van der Waals surface area contributed by atoms with Crippen molar-refractivity contribution in [1.29, 1.82) is 0 Å². The number of aryl methyl sites for hydroxylation is 1. The van der Waals surface area contributed by atoms with Crippen LogP contribution in [0.5, 0.6) is 0 Å². The van der Waals surface area contributed by atoms with E-state index in [2.05, 4.69) is 6.92 Å². The van der Waals surface area contributed by atoms with Gasteiger partial charge in [0.2, 0.25) is 0 Å². The van der Waals surface area contributed by atoms with Gasteiger partial charge in [0.15, 0.2) is 0 Å². The van der Waals surface area contributed by atoms with E-state index >= 15 is 0 Å². The number of nitrogens with two attached hydrogens (primary N) is 1. The SMILES string of the molecule is CCCCCCCCc1sc(N)c(C(=O)OC(C)(C)C)c1C. The van der Waals surface area contributed by atoms with Gasteiger partial charge in [-0.3, -0.25) is 0 Å². The van der Waals surface area contributed by atoms with Crippen LogP contribution in [-0.2, 0) is 11.2 Å². The van der Waals surface area contributed by atoms with Crippen molar-refractivity contribution in [2.75, 3.05) is 5.73 Å². The second-order valence-electron chi connectivity index (χ2n) is 6.91. The third-order valence-electron chi connectivity index (χ3n) is 3.63. The number of nitrogen functional groups attached to an aromatic ring is 1. The van der Waals surface area contributed by atoms with Crippen LogP contribution >= 0.6 is 11.3 Å². The smallest absolute Gasteiger partial charge is 0.341 e. The van der Waals surface area contributed by atoms with E-state index in [4.69, 9.17) is 10.5 Å². The van der Waals surface area contributed by atoms with Crippen LogP contribution in [-0.4, -0.2) is 11.6 Å². The lowest BCUT2D eigenvalue weighted by molar-refractivity contribution is 0.00705. The Labute approximate surface area is 139 Å². The summed E-state index contributed by atoms with van der Waals surface area (Å²) >= 11 is 1.54. The molecule has 0 aliphatic rings. The molecule has 0 saturated carbocycles. The van der Waals surface area contributed by atoms with Gasteiger partial charge in [-0.2, -0.15) is 0 Å². The molecule has 0 aliphatic heterocycles. The Bertz CT molecular complexity index is 486. The third kappa shape index (κ3) is 5.99. The number of unbranched alkanes of at least 4 members (excludes halogenated alkanes) is 5. The molecule has 0 amide bonds.